The van der Waals surface area contributed by atoms with E-state index in [0.29, 0.717) is 41.0 Å². The van der Waals surface area contributed by atoms with E-state index >= 15 is 0 Å². The van der Waals surface area contributed by atoms with Crippen LogP contribution in [-0.4, -0.2) is 14.6 Å². The summed E-state index contributed by atoms with van der Waals surface area (Å²) in [5.74, 6) is 0. The van der Waals surface area contributed by atoms with Gasteiger partial charge in [-0.25, -0.2) is 9.50 Å². The van der Waals surface area contributed by atoms with Crippen molar-refractivity contribution in [2.75, 3.05) is 0 Å². The van der Waals surface area contributed by atoms with Crippen LogP contribution < -0.4 is 0 Å². The molecule has 0 fully saturated rings. The third-order valence-corrected chi connectivity index (χ3v) is 4.54. The van der Waals surface area contributed by atoms with Crippen molar-refractivity contribution in [2.24, 2.45) is 0 Å². The summed E-state index contributed by atoms with van der Waals surface area (Å²) in [6.45, 7) is 1.73. The van der Waals surface area contributed by atoms with Crippen LogP contribution in [0.2, 0.25) is 0 Å². The van der Waals surface area contributed by atoms with E-state index in [1.165, 1.54) is 0 Å². The Morgan fingerprint density at radius 3 is 2.46 bits per heavy atom. The number of halogens is 3. The second-order valence-electron chi connectivity index (χ2n) is 6.15. The molecule has 0 radical (unpaired) electrons. The van der Waals surface area contributed by atoms with Gasteiger partial charge in [0.05, 0.1) is 5.69 Å². The molecule has 0 amide bonds. The molecule has 0 aliphatic heterocycles. The van der Waals surface area contributed by atoms with Gasteiger partial charge in [0.15, 0.2) is 11.3 Å². The molecule has 0 spiro atoms. The molecule has 1 aliphatic rings. The topological polar surface area (TPSA) is 30.2 Å². The average molecular weight is 331 g/mol. The highest BCUT2D eigenvalue weighted by Gasteiger charge is 2.39. The van der Waals surface area contributed by atoms with E-state index in [-0.39, 0.29) is 0 Å². The molecular formula is C18H16F3N3. The number of hydrogen-bond acceptors (Lipinski definition) is 2. The second-order valence-corrected chi connectivity index (χ2v) is 6.15. The van der Waals surface area contributed by atoms with Gasteiger partial charge in [0, 0.05) is 16.8 Å². The Morgan fingerprint density at radius 2 is 1.75 bits per heavy atom. The van der Waals surface area contributed by atoms with Crippen molar-refractivity contribution in [1.29, 1.82) is 0 Å². The standard InChI is InChI=1S/C18H16F3N3/c1-11-15(12-7-3-2-4-8-12)17-22-14-10-6-5-9-13(14)16(18(19,20)21)24(17)23-11/h2-4,7-8H,5-6,9-10H2,1H3. The monoisotopic (exact) mass is 331 g/mol. The molecule has 1 aliphatic carbocycles. The van der Waals surface area contributed by atoms with Crippen LogP contribution in [0.25, 0.3) is 16.8 Å². The summed E-state index contributed by atoms with van der Waals surface area (Å²) in [4.78, 5) is 4.59. The Hall–Kier alpha value is -2.37. The summed E-state index contributed by atoms with van der Waals surface area (Å²) in [7, 11) is 0. The predicted molar refractivity (Wildman–Crippen MR) is 84.8 cm³/mol. The molecule has 3 nitrogen and oxygen atoms in total. The molecule has 0 atom stereocenters. The quantitative estimate of drug-likeness (QED) is 0.652. The molecule has 0 saturated carbocycles. The Bertz CT molecular complexity index is 911. The molecular weight excluding hydrogens is 315 g/mol. The van der Waals surface area contributed by atoms with E-state index in [9.17, 15) is 13.2 Å². The van der Waals surface area contributed by atoms with E-state index in [4.69, 9.17) is 0 Å². The zero-order valence-electron chi connectivity index (χ0n) is 13.2. The van der Waals surface area contributed by atoms with Crippen molar-refractivity contribution in [1.82, 2.24) is 14.6 Å². The fraction of sp³-hybridized carbons (Fsp3) is 0.333. The molecule has 124 valence electrons. The van der Waals surface area contributed by atoms with Crippen molar-refractivity contribution in [3.05, 3.63) is 53.0 Å². The van der Waals surface area contributed by atoms with Gasteiger partial charge in [-0.1, -0.05) is 30.3 Å². The van der Waals surface area contributed by atoms with Crippen LogP contribution in [0.4, 0.5) is 13.2 Å². The van der Waals surface area contributed by atoms with Gasteiger partial charge < -0.3 is 0 Å². The van der Waals surface area contributed by atoms with Crippen LogP contribution in [0.3, 0.4) is 0 Å². The lowest BCUT2D eigenvalue weighted by molar-refractivity contribution is -0.143. The van der Waals surface area contributed by atoms with Crippen LogP contribution in [0.15, 0.2) is 30.3 Å². The molecule has 24 heavy (non-hydrogen) atoms. The van der Waals surface area contributed by atoms with Crippen molar-refractivity contribution in [3.8, 4) is 11.1 Å². The lowest BCUT2D eigenvalue weighted by atomic mass is 9.94. The third-order valence-electron chi connectivity index (χ3n) is 4.54. The van der Waals surface area contributed by atoms with Crippen LogP contribution in [0.5, 0.6) is 0 Å². The lowest BCUT2D eigenvalue weighted by Crippen LogP contribution is -2.21. The number of benzene rings is 1. The zero-order valence-corrected chi connectivity index (χ0v) is 13.2. The van der Waals surface area contributed by atoms with Crippen molar-refractivity contribution >= 4 is 5.65 Å². The lowest BCUT2D eigenvalue weighted by Gasteiger charge is -2.21. The van der Waals surface area contributed by atoms with Gasteiger partial charge >= 0.3 is 6.18 Å². The van der Waals surface area contributed by atoms with Crippen molar-refractivity contribution in [3.63, 3.8) is 0 Å². The minimum Gasteiger partial charge on any atom is -0.233 e. The minimum atomic E-state index is -4.45. The summed E-state index contributed by atoms with van der Waals surface area (Å²) < 4.78 is 42.3. The van der Waals surface area contributed by atoms with Gasteiger partial charge in [-0.2, -0.15) is 18.3 Å². The van der Waals surface area contributed by atoms with E-state index in [0.717, 1.165) is 22.9 Å². The van der Waals surface area contributed by atoms with E-state index in [1.807, 2.05) is 30.3 Å². The van der Waals surface area contributed by atoms with Crippen LogP contribution in [0, 0.1) is 6.92 Å². The van der Waals surface area contributed by atoms with Gasteiger partial charge in [-0.3, -0.25) is 0 Å². The molecule has 6 heteroatoms. The highest BCUT2D eigenvalue weighted by molar-refractivity contribution is 5.80. The van der Waals surface area contributed by atoms with Gasteiger partial charge in [0.1, 0.15) is 0 Å². The first-order valence-corrected chi connectivity index (χ1v) is 8.00. The SMILES string of the molecule is Cc1nn2c(C(F)(F)F)c3c(nc2c1-c1ccccc1)CCCC3. The smallest absolute Gasteiger partial charge is 0.233 e. The Balaban J connectivity index is 2.10. The predicted octanol–water partition coefficient (Wildman–Crippen LogP) is 4.60. The highest BCUT2D eigenvalue weighted by Crippen LogP contribution is 2.38. The van der Waals surface area contributed by atoms with Gasteiger partial charge in [-0.05, 0) is 38.2 Å². The first kappa shape index (κ1) is 15.2. The van der Waals surface area contributed by atoms with Crippen LogP contribution in [-0.2, 0) is 19.0 Å². The Labute approximate surface area is 137 Å². The number of hydrogen-bond donors (Lipinski definition) is 0. The summed E-state index contributed by atoms with van der Waals surface area (Å²) in [6.07, 6.45) is -1.81. The molecule has 0 N–H and O–H groups in total. The maximum absolute atomic E-state index is 13.8. The van der Waals surface area contributed by atoms with Crippen molar-refractivity contribution in [2.45, 2.75) is 38.8 Å². The normalized spacial score (nSPS) is 14.8. The van der Waals surface area contributed by atoms with E-state index in [2.05, 4.69) is 10.1 Å². The molecule has 3 aromatic rings. The highest BCUT2D eigenvalue weighted by atomic mass is 19.4. The number of alkyl halides is 3. The Kier molecular flexibility index (Phi) is 3.37. The van der Waals surface area contributed by atoms with Crippen molar-refractivity contribution < 1.29 is 13.2 Å². The first-order valence-electron chi connectivity index (χ1n) is 8.00. The summed E-state index contributed by atoms with van der Waals surface area (Å²) >= 11 is 0. The fourth-order valence-electron chi connectivity index (χ4n) is 3.53. The molecule has 0 unspecified atom stereocenters. The average Bonchev–Trinajstić information content (AvgIpc) is 2.87. The third kappa shape index (κ3) is 2.28. The number of aromatic nitrogens is 3. The molecule has 4 rings (SSSR count). The van der Waals surface area contributed by atoms with E-state index in [1.54, 1.807) is 6.92 Å². The summed E-state index contributed by atoms with van der Waals surface area (Å²) in [5.41, 5.74) is 2.58. The fourth-order valence-corrected chi connectivity index (χ4v) is 3.53. The maximum atomic E-state index is 13.8. The molecule has 0 bridgehead atoms. The minimum absolute atomic E-state index is 0.298. The molecule has 0 saturated heterocycles. The summed E-state index contributed by atoms with van der Waals surface area (Å²) in [6, 6.07) is 9.35. The first-order chi connectivity index (χ1) is 11.5. The number of rotatable bonds is 1. The number of aryl methyl sites for hydroxylation is 2. The summed E-state index contributed by atoms with van der Waals surface area (Å²) in [5, 5.41) is 4.20. The molecule has 2 aromatic heterocycles. The molecule has 1 aromatic carbocycles. The van der Waals surface area contributed by atoms with Crippen LogP contribution in [0.1, 0.15) is 35.5 Å². The number of fused-ring (bicyclic) bond motifs is 2. The van der Waals surface area contributed by atoms with Crippen LogP contribution >= 0.6 is 0 Å². The number of nitrogens with zero attached hydrogens (tertiary/aromatic N) is 3. The van der Waals surface area contributed by atoms with Gasteiger partial charge in [-0.15, -0.1) is 0 Å². The Morgan fingerprint density at radius 1 is 1.04 bits per heavy atom. The zero-order chi connectivity index (χ0) is 16.9. The van der Waals surface area contributed by atoms with Gasteiger partial charge in [0.2, 0.25) is 0 Å². The largest absolute Gasteiger partial charge is 0.433 e. The van der Waals surface area contributed by atoms with E-state index < -0.39 is 11.9 Å². The van der Waals surface area contributed by atoms with Gasteiger partial charge in [0.25, 0.3) is 0 Å². The molecule has 2 heterocycles. The maximum Gasteiger partial charge on any atom is 0.433 e. The second kappa shape index (κ2) is 5.33.